The second-order valence-corrected chi connectivity index (χ2v) is 6.89. The molecule has 27 heavy (non-hydrogen) atoms. The number of hydrogen-bond donors (Lipinski definition) is 1. The van der Waals surface area contributed by atoms with Crippen LogP contribution in [0, 0.1) is 0 Å². The SMILES string of the molecule is O=C(OCC1c2ccccc2-c2ccccc21)N1CC(c2noc(=O)[nH]2)C1. The number of nitrogens with one attached hydrogen (secondary N) is 1. The summed E-state index contributed by atoms with van der Waals surface area (Å²) >= 11 is 0. The first-order valence-corrected chi connectivity index (χ1v) is 8.86. The summed E-state index contributed by atoms with van der Waals surface area (Å²) in [6, 6.07) is 16.5. The first-order chi connectivity index (χ1) is 13.2. The van der Waals surface area contributed by atoms with Crippen molar-refractivity contribution in [3.8, 4) is 11.1 Å². The number of carbonyl (C=O) groups excluding carboxylic acids is 1. The molecular formula is C20H17N3O4. The first kappa shape index (κ1) is 15.9. The lowest BCUT2D eigenvalue weighted by molar-refractivity contribution is 0.0677. The maximum Gasteiger partial charge on any atom is 0.438 e. The Morgan fingerprint density at radius 1 is 1.11 bits per heavy atom. The van der Waals surface area contributed by atoms with E-state index in [0.29, 0.717) is 25.5 Å². The van der Waals surface area contributed by atoms with Crippen LogP contribution in [0.25, 0.3) is 11.1 Å². The third kappa shape index (κ3) is 2.63. The molecule has 2 aromatic carbocycles. The number of ether oxygens (including phenoxy) is 1. The fraction of sp³-hybridized carbons (Fsp3) is 0.250. The summed E-state index contributed by atoms with van der Waals surface area (Å²) < 4.78 is 10.1. The van der Waals surface area contributed by atoms with Gasteiger partial charge in [-0.25, -0.2) is 9.59 Å². The third-order valence-electron chi connectivity index (χ3n) is 5.32. The second kappa shape index (κ2) is 6.12. The maximum absolute atomic E-state index is 12.4. The van der Waals surface area contributed by atoms with Gasteiger partial charge in [-0.05, 0) is 22.3 Å². The van der Waals surface area contributed by atoms with Crippen molar-refractivity contribution >= 4 is 6.09 Å². The molecular weight excluding hydrogens is 346 g/mol. The molecule has 0 spiro atoms. The van der Waals surface area contributed by atoms with Gasteiger partial charge in [0.1, 0.15) is 6.61 Å². The van der Waals surface area contributed by atoms with Crippen molar-refractivity contribution < 1.29 is 14.1 Å². The summed E-state index contributed by atoms with van der Waals surface area (Å²) in [5.41, 5.74) is 4.78. The highest BCUT2D eigenvalue weighted by Gasteiger charge is 2.36. The molecule has 7 heteroatoms. The Balaban J connectivity index is 1.26. The minimum Gasteiger partial charge on any atom is -0.448 e. The molecule has 1 N–H and O–H groups in total. The van der Waals surface area contributed by atoms with Crippen LogP contribution in [-0.2, 0) is 4.74 Å². The average molecular weight is 363 g/mol. The summed E-state index contributed by atoms with van der Waals surface area (Å²) in [4.78, 5) is 27.5. The van der Waals surface area contributed by atoms with E-state index in [1.54, 1.807) is 4.90 Å². The van der Waals surface area contributed by atoms with Crippen molar-refractivity contribution in [1.29, 1.82) is 0 Å². The number of likely N-dealkylation sites (tertiary alicyclic amines) is 1. The van der Waals surface area contributed by atoms with Gasteiger partial charge in [-0.1, -0.05) is 53.7 Å². The van der Waals surface area contributed by atoms with Gasteiger partial charge in [0.15, 0.2) is 5.82 Å². The summed E-state index contributed by atoms with van der Waals surface area (Å²) in [7, 11) is 0. The zero-order valence-electron chi connectivity index (χ0n) is 14.4. The smallest absolute Gasteiger partial charge is 0.438 e. The van der Waals surface area contributed by atoms with E-state index >= 15 is 0 Å². The number of rotatable bonds is 3. The highest BCUT2D eigenvalue weighted by atomic mass is 16.6. The van der Waals surface area contributed by atoms with Crippen molar-refractivity contribution in [2.75, 3.05) is 19.7 Å². The lowest BCUT2D eigenvalue weighted by Crippen LogP contribution is -2.49. The number of amides is 1. The molecule has 0 saturated carbocycles. The number of nitrogens with zero attached hydrogens (tertiary/aromatic N) is 2. The van der Waals surface area contributed by atoms with Crippen molar-refractivity contribution in [3.05, 3.63) is 76.0 Å². The first-order valence-electron chi connectivity index (χ1n) is 8.86. The van der Waals surface area contributed by atoms with Crippen molar-refractivity contribution in [1.82, 2.24) is 15.0 Å². The molecule has 0 unspecified atom stereocenters. The van der Waals surface area contributed by atoms with E-state index in [9.17, 15) is 9.59 Å². The third-order valence-corrected chi connectivity index (χ3v) is 5.32. The van der Waals surface area contributed by atoms with Crippen LogP contribution in [0.15, 0.2) is 57.8 Å². The highest BCUT2D eigenvalue weighted by Crippen LogP contribution is 2.44. The van der Waals surface area contributed by atoms with Crippen LogP contribution in [0.2, 0.25) is 0 Å². The predicted octanol–water partition coefficient (Wildman–Crippen LogP) is 2.71. The van der Waals surface area contributed by atoms with Gasteiger partial charge < -0.3 is 9.64 Å². The average Bonchev–Trinajstić information content (AvgIpc) is 3.20. The Kier molecular flexibility index (Phi) is 3.60. The summed E-state index contributed by atoms with van der Waals surface area (Å²) in [5.74, 6) is -0.0745. The van der Waals surface area contributed by atoms with Crippen LogP contribution in [0.3, 0.4) is 0 Å². The standard InChI is InChI=1S/C20H17N3O4/c24-19-21-18(22-27-19)12-9-23(10-12)20(25)26-11-17-15-7-3-1-5-13(15)14-6-2-4-8-16(14)17/h1-8,12,17H,9-11H2,(H,21,22,24). The number of benzene rings is 2. The number of H-pyrrole nitrogens is 1. The van der Waals surface area contributed by atoms with E-state index < -0.39 is 5.76 Å². The topological polar surface area (TPSA) is 88.4 Å². The van der Waals surface area contributed by atoms with Crippen LogP contribution in [0.4, 0.5) is 4.79 Å². The van der Waals surface area contributed by atoms with Gasteiger partial charge in [0.25, 0.3) is 0 Å². The van der Waals surface area contributed by atoms with Crippen LogP contribution < -0.4 is 5.76 Å². The number of aromatic nitrogens is 2. The molecule has 5 rings (SSSR count). The fourth-order valence-electron chi connectivity index (χ4n) is 3.90. The largest absolute Gasteiger partial charge is 0.448 e. The van der Waals surface area contributed by atoms with Gasteiger partial charge in [0.2, 0.25) is 0 Å². The van der Waals surface area contributed by atoms with Crippen molar-refractivity contribution in [2.24, 2.45) is 0 Å². The minimum atomic E-state index is -0.579. The van der Waals surface area contributed by atoms with Crippen LogP contribution in [-0.4, -0.2) is 40.8 Å². The Labute approximate surface area is 154 Å². The van der Waals surface area contributed by atoms with Gasteiger partial charge in [0.05, 0.1) is 5.92 Å². The molecule has 1 fully saturated rings. The van der Waals surface area contributed by atoms with E-state index in [-0.39, 0.29) is 17.9 Å². The second-order valence-electron chi connectivity index (χ2n) is 6.89. The molecule has 2 aliphatic rings. The molecule has 1 aromatic heterocycles. The Morgan fingerprint density at radius 2 is 1.74 bits per heavy atom. The Morgan fingerprint density at radius 3 is 2.33 bits per heavy atom. The molecule has 1 aliphatic heterocycles. The highest BCUT2D eigenvalue weighted by molar-refractivity contribution is 5.79. The maximum atomic E-state index is 12.4. The molecule has 1 saturated heterocycles. The van der Waals surface area contributed by atoms with Crippen LogP contribution >= 0.6 is 0 Å². The lowest BCUT2D eigenvalue weighted by Gasteiger charge is -2.36. The molecule has 0 radical (unpaired) electrons. The monoisotopic (exact) mass is 363 g/mol. The van der Waals surface area contributed by atoms with E-state index in [1.165, 1.54) is 22.3 Å². The molecule has 0 atom stereocenters. The van der Waals surface area contributed by atoms with Crippen LogP contribution in [0.1, 0.15) is 28.8 Å². The van der Waals surface area contributed by atoms with Gasteiger partial charge in [-0.2, -0.15) is 0 Å². The molecule has 136 valence electrons. The van der Waals surface area contributed by atoms with Gasteiger partial charge >= 0.3 is 11.8 Å². The van der Waals surface area contributed by atoms with Gasteiger partial charge in [-0.3, -0.25) is 9.51 Å². The van der Waals surface area contributed by atoms with E-state index in [1.807, 2.05) is 24.3 Å². The normalized spacial score (nSPS) is 15.9. The number of carbonyl (C=O) groups is 1. The molecule has 7 nitrogen and oxygen atoms in total. The fourth-order valence-corrected chi connectivity index (χ4v) is 3.90. The summed E-state index contributed by atoms with van der Waals surface area (Å²) in [6.07, 6.45) is -0.348. The molecule has 1 aliphatic carbocycles. The van der Waals surface area contributed by atoms with E-state index in [0.717, 1.165) is 0 Å². The lowest BCUT2D eigenvalue weighted by atomic mass is 9.98. The van der Waals surface area contributed by atoms with Crippen LogP contribution in [0.5, 0.6) is 0 Å². The van der Waals surface area contributed by atoms with E-state index in [4.69, 9.17) is 4.74 Å². The zero-order valence-corrected chi connectivity index (χ0v) is 14.4. The molecule has 1 amide bonds. The minimum absolute atomic E-state index is 0.0167. The Hall–Kier alpha value is -3.35. The quantitative estimate of drug-likeness (QED) is 0.773. The Bertz CT molecular complexity index is 1020. The molecule has 2 heterocycles. The number of fused-ring (bicyclic) bond motifs is 3. The predicted molar refractivity (Wildman–Crippen MR) is 96.5 cm³/mol. The van der Waals surface area contributed by atoms with Crippen molar-refractivity contribution in [2.45, 2.75) is 11.8 Å². The van der Waals surface area contributed by atoms with Crippen molar-refractivity contribution in [3.63, 3.8) is 0 Å². The van der Waals surface area contributed by atoms with E-state index in [2.05, 4.69) is 38.9 Å². The van der Waals surface area contributed by atoms with Gasteiger partial charge in [-0.15, -0.1) is 0 Å². The zero-order chi connectivity index (χ0) is 18.4. The summed E-state index contributed by atoms with van der Waals surface area (Å²) in [5, 5.41) is 3.67. The molecule has 3 aromatic rings. The van der Waals surface area contributed by atoms with Gasteiger partial charge in [0, 0.05) is 19.0 Å². The molecule has 0 bridgehead atoms. The number of aromatic amines is 1. The number of hydrogen-bond acceptors (Lipinski definition) is 5. The summed E-state index contributed by atoms with van der Waals surface area (Å²) in [6.45, 7) is 1.22.